The van der Waals surface area contributed by atoms with Gasteiger partial charge in [0.25, 0.3) is 5.91 Å². The number of hydrogen-bond donors (Lipinski definition) is 1. The van der Waals surface area contributed by atoms with E-state index in [1.165, 1.54) is 18.2 Å². The fourth-order valence-corrected chi connectivity index (χ4v) is 1.01. The van der Waals surface area contributed by atoms with Crippen molar-refractivity contribution in [2.45, 2.75) is 6.92 Å². The van der Waals surface area contributed by atoms with Crippen molar-refractivity contribution in [3.05, 3.63) is 46.2 Å². The van der Waals surface area contributed by atoms with Crippen LogP contribution in [0.4, 0.5) is 5.82 Å². The van der Waals surface area contributed by atoms with Crippen molar-refractivity contribution in [3.63, 3.8) is 0 Å². The molecule has 0 aliphatic heterocycles. The van der Waals surface area contributed by atoms with Crippen molar-refractivity contribution < 1.29 is 14.5 Å². The largest absolute Gasteiger partial charge is 0.363 e. The van der Waals surface area contributed by atoms with Crippen LogP contribution < -0.4 is 5.32 Å². The molecule has 0 saturated carbocycles. The molecule has 0 unspecified atom stereocenters. The maximum atomic E-state index is 11.4. The molecule has 1 N–H and O–H groups in total. The second kappa shape index (κ2) is 5.50. The van der Waals surface area contributed by atoms with Gasteiger partial charge in [0, 0.05) is 6.07 Å². The van der Waals surface area contributed by atoms with E-state index in [9.17, 15) is 19.7 Å². The number of nitrogens with one attached hydrogen (secondary N) is 1. The van der Waals surface area contributed by atoms with Crippen LogP contribution in [0.15, 0.2) is 30.5 Å². The van der Waals surface area contributed by atoms with Gasteiger partial charge in [0.1, 0.15) is 0 Å². The van der Waals surface area contributed by atoms with Gasteiger partial charge in [-0.2, -0.15) is 0 Å². The Morgan fingerprint density at radius 2 is 2.18 bits per heavy atom. The van der Waals surface area contributed by atoms with Crippen molar-refractivity contribution in [1.82, 2.24) is 10.3 Å². The van der Waals surface area contributed by atoms with Crippen molar-refractivity contribution >= 4 is 17.6 Å². The molecule has 7 heteroatoms. The standard InChI is InChI=1S/C10H9N3O4/c1-2-3-9(14)12-10(15)7-4-5-8(11-6-7)13(16)17/h2-6H,1H3,(H,12,14,15)/b3-2+. The highest BCUT2D eigenvalue weighted by molar-refractivity contribution is 6.07. The van der Waals surface area contributed by atoms with Crippen LogP contribution in [0.3, 0.4) is 0 Å². The molecule has 1 aromatic rings. The zero-order valence-corrected chi connectivity index (χ0v) is 8.91. The summed E-state index contributed by atoms with van der Waals surface area (Å²) < 4.78 is 0. The first-order chi connectivity index (χ1) is 8.04. The maximum Gasteiger partial charge on any atom is 0.363 e. The van der Waals surface area contributed by atoms with Gasteiger partial charge in [-0.15, -0.1) is 0 Å². The summed E-state index contributed by atoms with van der Waals surface area (Å²) >= 11 is 0. The van der Waals surface area contributed by atoms with E-state index in [1.54, 1.807) is 6.92 Å². The number of imide groups is 1. The Kier molecular flexibility index (Phi) is 4.04. The van der Waals surface area contributed by atoms with E-state index in [0.717, 1.165) is 12.3 Å². The van der Waals surface area contributed by atoms with Crippen LogP contribution in [-0.2, 0) is 4.79 Å². The molecule has 0 saturated heterocycles. The van der Waals surface area contributed by atoms with E-state index >= 15 is 0 Å². The summed E-state index contributed by atoms with van der Waals surface area (Å²) in [7, 11) is 0. The molecule has 0 radical (unpaired) electrons. The summed E-state index contributed by atoms with van der Waals surface area (Å²) in [5.41, 5.74) is 0.0773. The van der Waals surface area contributed by atoms with Gasteiger partial charge in [0.05, 0.1) is 5.56 Å². The summed E-state index contributed by atoms with van der Waals surface area (Å²) in [6.45, 7) is 1.64. The van der Waals surface area contributed by atoms with E-state index in [2.05, 4.69) is 10.3 Å². The molecular weight excluding hydrogens is 226 g/mol. The van der Waals surface area contributed by atoms with E-state index in [-0.39, 0.29) is 11.4 Å². The highest BCUT2D eigenvalue weighted by atomic mass is 16.6. The maximum absolute atomic E-state index is 11.4. The molecule has 7 nitrogen and oxygen atoms in total. The second-order valence-electron chi connectivity index (χ2n) is 2.98. The van der Waals surface area contributed by atoms with Gasteiger partial charge in [0.15, 0.2) is 6.20 Å². The molecule has 0 aromatic carbocycles. The van der Waals surface area contributed by atoms with E-state index in [0.29, 0.717) is 0 Å². The molecule has 0 fully saturated rings. The van der Waals surface area contributed by atoms with E-state index in [1.807, 2.05) is 0 Å². The Hall–Kier alpha value is -2.57. The predicted octanol–water partition coefficient (Wildman–Crippen LogP) is 0.822. The van der Waals surface area contributed by atoms with Gasteiger partial charge in [-0.3, -0.25) is 14.9 Å². The van der Waals surface area contributed by atoms with Crippen LogP contribution in [-0.4, -0.2) is 21.7 Å². The molecule has 0 aliphatic carbocycles. The second-order valence-corrected chi connectivity index (χ2v) is 2.98. The molecule has 88 valence electrons. The topological polar surface area (TPSA) is 102 Å². The molecule has 17 heavy (non-hydrogen) atoms. The van der Waals surface area contributed by atoms with Gasteiger partial charge in [-0.1, -0.05) is 6.08 Å². The van der Waals surface area contributed by atoms with E-state index < -0.39 is 16.7 Å². The molecule has 1 aromatic heterocycles. The highest BCUT2D eigenvalue weighted by Crippen LogP contribution is 2.07. The Labute approximate surface area is 96.3 Å². The van der Waals surface area contributed by atoms with Crippen LogP contribution in [0.25, 0.3) is 0 Å². The number of allylic oxidation sites excluding steroid dienone is 1. The summed E-state index contributed by atoms with van der Waals surface area (Å²) in [5.74, 6) is -1.58. The predicted molar refractivity (Wildman–Crippen MR) is 58.2 cm³/mol. The first kappa shape index (κ1) is 12.5. The Morgan fingerprint density at radius 1 is 1.47 bits per heavy atom. The number of carbonyl (C=O) groups excluding carboxylic acids is 2. The lowest BCUT2D eigenvalue weighted by Gasteiger charge is -1.99. The van der Waals surface area contributed by atoms with Gasteiger partial charge >= 0.3 is 5.82 Å². The summed E-state index contributed by atoms with van der Waals surface area (Å²) in [5, 5.41) is 12.4. The summed E-state index contributed by atoms with van der Waals surface area (Å²) in [6.07, 6.45) is 3.71. The lowest BCUT2D eigenvalue weighted by atomic mass is 10.2. The van der Waals surface area contributed by atoms with Crippen molar-refractivity contribution in [2.24, 2.45) is 0 Å². The number of nitro groups is 1. The average Bonchev–Trinajstić information content (AvgIpc) is 2.29. The van der Waals surface area contributed by atoms with Crippen LogP contribution in [0.5, 0.6) is 0 Å². The number of carbonyl (C=O) groups is 2. The number of nitrogens with zero attached hydrogens (tertiary/aromatic N) is 2. The number of amides is 2. The Morgan fingerprint density at radius 3 is 2.65 bits per heavy atom. The highest BCUT2D eigenvalue weighted by Gasteiger charge is 2.13. The summed E-state index contributed by atoms with van der Waals surface area (Å²) in [4.78, 5) is 35.6. The minimum absolute atomic E-state index is 0.0773. The van der Waals surface area contributed by atoms with Crippen molar-refractivity contribution in [2.75, 3.05) is 0 Å². The lowest BCUT2D eigenvalue weighted by Crippen LogP contribution is -2.28. The SMILES string of the molecule is C/C=C/C(=O)NC(=O)c1ccc([N+](=O)[O-])nc1. The molecule has 1 rings (SSSR count). The molecule has 0 atom stereocenters. The van der Waals surface area contributed by atoms with Crippen molar-refractivity contribution in [3.8, 4) is 0 Å². The molecule has 1 heterocycles. The van der Waals surface area contributed by atoms with Crippen LogP contribution in [0, 0.1) is 10.1 Å². The van der Waals surface area contributed by atoms with Gasteiger partial charge < -0.3 is 10.1 Å². The fourth-order valence-electron chi connectivity index (χ4n) is 1.01. The number of aromatic nitrogens is 1. The van der Waals surface area contributed by atoms with Crippen molar-refractivity contribution in [1.29, 1.82) is 0 Å². The zero-order valence-electron chi connectivity index (χ0n) is 8.91. The van der Waals surface area contributed by atoms with Gasteiger partial charge in [0.2, 0.25) is 5.91 Å². The molecule has 0 aliphatic rings. The van der Waals surface area contributed by atoms with Crippen LogP contribution >= 0.6 is 0 Å². The summed E-state index contributed by atoms with van der Waals surface area (Å²) in [6, 6.07) is 2.32. The van der Waals surface area contributed by atoms with Gasteiger partial charge in [-0.25, -0.2) is 0 Å². The minimum Gasteiger partial charge on any atom is -0.358 e. The van der Waals surface area contributed by atoms with Crippen LogP contribution in [0.2, 0.25) is 0 Å². The fraction of sp³-hybridized carbons (Fsp3) is 0.100. The van der Waals surface area contributed by atoms with Gasteiger partial charge in [-0.05, 0) is 29.0 Å². The number of rotatable bonds is 3. The third-order valence-corrected chi connectivity index (χ3v) is 1.75. The minimum atomic E-state index is -0.674. The monoisotopic (exact) mass is 235 g/mol. The normalized spacial score (nSPS) is 10.2. The molecular formula is C10H9N3O4. The molecule has 0 spiro atoms. The third kappa shape index (κ3) is 3.49. The van der Waals surface area contributed by atoms with Crippen LogP contribution in [0.1, 0.15) is 17.3 Å². The smallest absolute Gasteiger partial charge is 0.358 e. The number of hydrogen-bond acceptors (Lipinski definition) is 5. The first-order valence-electron chi connectivity index (χ1n) is 4.63. The Balaban J connectivity index is 2.76. The molecule has 0 bridgehead atoms. The van der Waals surface area contributed by atoms with E-state index in [4.69, 9.17) is 0 Å². The third-order valence-electron chi connectivity index (χ3n) is 1.75. The average molecular weight is 235 g/mol. The zero-order chi connectivity index (χ0) is 12.8. The number of pyridine rings is 1. The lowest BCUT2D eigenvalue weighted by molar-refractivity contribution is -0.389. The first-order valence-corrected chi connectivity index (χ1v) is 4.63. The Bertz CT molecular complexity index is 479. The quantitative estimate of drug-likeness (QED) is 0.474. The molecule has 2 amide bonds.